The number of nitrogens with zero attached hydrogens (tertiary/aromatic N) is 1. The van der Waals surface area contributed by atoms with Gasteiger partial charge in [-0.2, -0.15) is 17.6 Å². The fourth-order valence-electron chi connectivity index (χ4n) is 4.53. The van der Waals surface area contributed by atoms with Crippen LogP contribution in [0.1, 0.15) is 47.6 Å². The van der Waals surface area contributed by atoms with Crippen LogP contribution in [0, 0.1) is 17.6 Å². The number of methoxy groups -OCH3 is 1. The van der Waals surface area contributed by atoms with Crippen LogP contribution in [0.15, 0.2) is 35.3 Å². The number of hydrogen-bond donors (Lipinski definition) is 2. The lowest BCUT2D eigenvalue weighted by molar-refractivity contribution is -0.275. The van der Waals surface area contributed by atoms with Crippen LogP contribution < -0.4 is 15.9 Å². The minimum Gasteiger partial charge on any atom is -0.493 e. The number of amides is 1. The van der Waals surface area contributed by atoms with E-state index in [4.69, 9.17) is 15.2 Å². The number of primary amides is 1. The maximum atomic E-state index is 14.5. The summed E-state index contributed by atoms with van der Waals surface area (Å²) in [7, 11) is 1.07. The predicted octanol–water partition coefficient (Wildman–Crippen LogP) is 4.12. The molecule has 4 atom stereocenters. The van der Waals surface area contributed by atoms with Crippen LogP contribution >= 0.6 is 0 Å². The van der Waals surface area contributed by atoms with E-state index in [1.165, 1.54) is 13.0 Å². The van der Waals surface area contributed by atoms with Crippen molar-refractivity contribution in [3.8, 4) is 5.75 Å². The van der Waals surface area contributed by atoms with Gasteiger partial charge in [-0.15, -0.1) is 0 Å². The average Bonchev–Trinajstić information content (AvgIpc) is 3.07. The Labute approximate surface area is 195 Å². The highest BCUT2D eigenvalue weighted by atomic mass is 19.4. The monoisotopic (exact) mass is 497 g/mol. The summed E-state index contributed by atoms with van der Waals surface area (Å²) in [5.74, 6) is -6.57. The molecule has 1 saturated heterocycles. The second kappa shape index (κ2) is 8.29. The molecule has 3 aromatic rings. The molecular weight excluding hydrogens is 477 g/mol. The van der Waals surface area contributed by atoms with Crippen molar-refractivity contribution in [1.82, 2.24) is 9.97 Å². The summed E-state index contributed by atoms with van der Waals surface area (Å²) in [6, 6.07) is 4.16. The lowest BCUT2D eigenvalue weighted by atomic mass is 9.76. The van der Waals surface area contributed by atoms with Gasteiger partial charge in [-0.1, -0.05) is 13.0 Å². The third-order valence-electron chi connectivity index (χ3n) is 6.61. The van der Waals surface area contributed by atoms with Gasteiger partial charge in [-0.05, 0) is 19.1 Å². The Morgan fingerprint density at radius 1 is 1.26 bits per heavy atom. The summed E-state index contributed by atoms with van der Waals surface area (Å²) in [6.45, 7) is 2.12. The number of aromatic nitrogens is 2. The number of carbonyl (C=O) groups is 1. The number of H-pyrrole nitrogens is 1. The summed E-state index contributed by atoms with van der Waals surface area (Å²) in [4.78, 5) is 30.9. The predicted molar refractivity (Wildman–Crippen MR) is 114 cm³/mol. The first-order chi connectivity index (χ1) is 16.3. The van der Waals surface area contributed by atoms with E-state index in [0.717, 1.165) is 38.4 Å². The Balaban J connectivity index is 1.97. The van der Waals surface area contributed by atoms with Crippen molar-refractivity contribution < 1.29 is 36.2 Å². The number of carbonyl (C=O) groups excluding carboxylic acids is 1. The summed E-state index contributed by atoms with van der Waals surface area (Å²) in [6.07, 6.45) is -5.17. The van der Waals surface area contributed by atoms with Gasteiger partial charge in [-0.25, -0.2) is 4.39 Å². The first-order valence-electron chi connectivity index (χ1n) is 10.4. The molecule has 1 amide bonds. The minimum absolute atomic E-state index is 0.0605. The maximum absolute atomic E-state index is 14.5. The van der Waals surface area contributed by atoms with Crippen LogP contribution in [0.4, 0.5) is 22.0 Å². The first kappa shape index (κ1) is 24.6. The Kier molecular flexibility index (Phi) is 5.82. The molecule has 186 valence electrons. The van der Waals surface area contributed by atoms with Gasteiger partial charge in [0, 0.05) is 35.4 Å². The SMILES string of the molecule is COc1c([C@H]2[C@H](c3cc(=O)c4cnc(C(N)=O)cc4[nH]3)O[C@@](C)(C(F)(F)F)[C@H]2C)ccc(F)c1F. The Morgan fingerprint density at radius 3 is 2.54 bits per heavy atom. The Hall–Kier alpha value is -3.54. The number of nitrogens with one attached hydrogen (secondary N) is 1. The number of nitrogens with two attached hydrogens (primary N) is 1. The second-order valence-corrected chi connectivity index (χ2v) is 8.51. The van der Waals surface area contributed by atoms with Gasteiger partial charge in [0.2, 0.25) is 5.82 Å². The van der Waals surface area contributed by atoms with E-state index in [0.29, 0.717) is 0 Å². The van der Waals surface area contributed by atoms with Gasteiger partial charge >= 0.3 is 6.18 Å². The summed E-state index contributed by atoms with van der Waals surface area (Å²) < 4.78 is 81.4. The van der Waals surface area contributed by atoms with Crippen LogP contribution in [-0.4, -0.2) is 34.8 Å². The van der Waals surface area contributed by atoms with E-state index in [-0.39, 0.29) is 27.9 Å². The molecule has 4 rings (SSSR count). The number of benzene rings is 1. The van der Waals surface area contributed by atoms with Crippen LogP contribution in [0.2, 0.25) is 0 Å². The standard InChI is InChI=1S/C23H20F5N3O4/c1-9-17(10-4-5-12(24)18(25)19(10)34-3)20(35-22(9,2)23(26,27)28)14-7-16(32)11-8-30-15(21(29)33)6-13(11)31-14/h4-9,17,20H,1-3H3,(H2,29,33)(H,31,32)/t9-,17-,20-,22+/m0/s1. The van der Waals surface area contributed by atoms with Gasteiger partial charge < -0.3 is 20.2 Å². The Morgan fingerprint density at radius 2 is 1.94 bits per heavy atom. The third-order valence-corrected chi connectivity index (χ3v) is 6.61. The smallest absolute Gasteiger partial charge is 0.417 e. The fourth-order valence-corrected chi connectivity index (χ4v) is 4.53. The van der Waals surface area contributed by atoms with E-state index >= 15 is 0 Å². The van der Waals surface area contributed by atoms with Crippen molar-refractivity contribution in [3.63, 3.8) is 0 Å². The highest BCUT2D eigenvalue weighted by molar-refractivity contribution is 5.94. The van der Waals surface area contributed by atoms with Crippen molar-refractivity contribution >= 4 is 16.8 Å². The van der Waals surface area contributed by atoms with Crippen LogP contribution in [0.25, 0.3) is 10.9 Å². The fraction of sp³-hybridized carbons (Fsp3) is 0.348. The summed E-state index contributed by atoms with van der Waals surface area (Å²) >= 11 is 0. The molecule has 0 bridgehead atoms. The number of fused-ring (bicyclic) bond motifs is 1. The lowest BCUT2D eigenvalue weighted by Gasteiger charge is -2.32. The lowest BCUT2D eigenvalue weighted by Crippen LogP contribution is -2.46. The normalized spacial score (nSPS) is 24.6. The zero-order valence-electron chi connectivity index (χ0n) is 18.7. The molecule has 0 aliphatic carbocycles. The van der Waals surface area contributed by atoms with Crippen molar-refractivity contribution in [1.29, 1.82) is 0 Å². The molecule has 1 fully saturated rings. The van der Waals surface area contributed by atoms with Gasteiger partial charge in [0.25, 0.3) is 5.91 Å². The molecule has 35 heavy (non-hydrogen) atoms. The van der Waals surface area contributed by atoms with Crippen LogP contribution in [-0.2, 0) is 4.74 Å². The van der Waals surface area contributed by atoms with Crippen LogP contribution in [0.3, 0.4) is 0 Å². The largest absolute Gasteiger partial charge is 0.493 e. The zero-order valence-corrected chi connectivity index (χ0v) is 18.7. The second-order valence-electron chi connectivity index (χ2n) is 8.51. The molecule has 7 nitrogen and oxygen atoms in total. The molecule has 0 unspecified atom stereocenters. The topological polar surface area (TPSA) is 107 Å². The van der Waals surface area contributed by atoms with Crippen molar-refractivity contribution in [2.45, 2.75) is 37.6 Å². The molecule has 1 aromatic carbocycles. The number of hydrogen-bond acceptors (Lipinski definition) is 5. The number of halogens is 5. The molecule has 0 radical (unpaired) electrons. The number of pyridine rings is 2. The van der Waals surface area contributed by atoms with Gasteiger partial charge in [0.1, 0.15) is 11.8 Å². The van der Waals surface area contributed by atoms with E-state index in [2.05, 4.69) is 9.97 Å². The van der Waals surface area contributed by atoms with Crippen molar-refractivity contribution in [2.75, 3.05) is 7.11 Å². The Bertz CT molecular complexity index is 1390. The zero-order chi connectivity index (χ0) is 25.9. The molecule has 1 aliphatic heterocycles. The molecule has 12 heteroatoms. The van der Waals surface area contributed by atoms with Crippen molar-refractivity contribution in [2.24, 2.45) is 11.7 Å². The summed E-state index contributed by atoms with van der Waals surface area (Å²) in [5.41, 5.74) is 1.70. The van der Waals surface area contributed by atoms with Gasteiger partial charge in [0.05, 0.1) is 18.0 Å². The summed E-state index contributed by atoms with van der Waals surface area (Å²) in [5, 5.41) is 0.0605. The molecular formula is C23H20F5N3O4. The highest BCUT2D eigenvalue weighted by Crippen LogP contribution is 2.59. The van der Waals surface area contributed by atoms with E-state index < -0.39 is 58.4 Å². The van der Waals surface area contributed by atoms with E-state index in [1.807, 2.05) is 0 Å². The molecule has 1 aliphatic rings. The minimum atomic E-state index is -4.84. The first-order valence-corrected chi connectivity index (χ1v) is 10.4. The third kappa shape index (κ3) is 3.81. The molecule has 3 heterocycles. The molecule has 2 aromatic heterocycles. The van der Waals surface area contributed by atoms with E-state index in [1.54, 1.807) is 0 Å². The quantitative estimate of drug-likeness (QED) is 0.528. The molecule has 0 spiro atoms. The molecule has 3 N–H and O–H groups in total. The molecule has 0 saturated carbocycles. The number of rotatable bonds is 4. The van der Waals surface area contributed by atoms with Crippen molar-refractivity contribution in [3.05, 3.63) is 69.3 Å². The van der Waals surface area contributed by atoms with Gasteiger partial charge in [-0.3, -0.25) is 14.6 Å². The van der Waals surface area contributed by atoms with Gasteiger partial charge in [0.15, 0.2) is 22.6 Å². The van der Waals surface area contributed by atoms with E-state index in [9.17, 15) is 31.5 Å². The number of alkyl halides is 3. The number of ether oxygens (including phenoxy) is 2. The maximum Gasteiger partial charge on any atom is 0.417 e. The van der Waals surface area contributed by atoms with Crippen LogP contribution in [0.5, 0.6) is 5.75 Å². The number of aromatic amines is 1. The highest BCUT2D eigenvalue weighted by Gasteiger charge is 2.65. The average molecular weight is 497 g/mol.